The first-order chi connectivity index (χ1) is 16.8. The normalized spacial score (nSPS) is 20.5. The molecule has 1 aliphatic carbocycles. The monoisotopic (exact) mass is 476 g/mol. The number of nitrogens with zero attached hydrogens (tertiary/aromatic N) is 1. The van der Waals surface area contributed by atoms with Crippen LogP contribution in [0.15, 0.2) is 48.5 Å². The summed E-state index contributed by atoms with van der Waals surface area (Å²) in [6.45, 7) is 5.56. The van der Waals surface area contributed by atoms with E-state index in [0.29, 0.717) is 6.42 Å². The van der Waals surface area contributed by atoms with Crippen molar-refractivity contribution in [3.05, 3.63) is 65.2 Å². The molecule has 35 heavy (non-hydrogen) atoms. The Morgan fingerprint density at radius 3 is 2.37 bits per heavy atom. The molecular formula is C28H36N4O3. The molecule has 1 aliphatic heterocycles. The summed E-state index contributed by atoms with van der Waals surface area (Å²) in [5.74, 6) is -0.802. The highest BCUT2D eigenvalue weighted by atomic mass is 16.2. The molecule has 0 saturated heterocycles. The third kappa shape index (κ3) is 5.10. The Labute approximate surface area is 207 Å². The molecule has 1 heterocycles. The SMILES string of the molecule is CN[C@@H](C)C(=O)N[C@H](C(=O)N1c2ccccc2C[C@H]1C(=O)N[C@@H]1CCCc2ccccc21)C(C)C. The van der Waals surface area contributed by atoms with Crippen LogP contribution < -0.4 is 20.9 Å². The first-order valence-corrected chi connectivity index (χ1v) is 12.6. The Bertz CT molecular complexity index is 1100. The molecule has 0 saturated carbocycles. The van der Waals surface area contributed by atoms with Gasteiger partial charge in [-0.2, -0.15) is 0 Å². The van der Waals surface area contributed by atoms with Gasteiger partial charge in [-0.3, -0.25) is 19.3 Å². The fraction of sp³-hybridized carbons (Fsp3) is 0.464. The first-order valence-electron chi connectivity index (χ1n) is 12.6. The molecule has 186 valence electrons. The number of carbonyl (C=O) groups is 3. The Kier molecular flexibility index (Phi) is 7.55. The molecule has 3 amide bonds. The number of likely N-dealkylation sites (N-methyl/N-ethyl adjacent to an activating group) is 1. The average molecular weight is 477 g/mol. The quantitative estimate of drug-likeness (QED) is 0.573. The van der Waals surface area contributed by atoms with Crippen LogP contribution in [0.2, 0.25) is 0 Å². The molecule has 4 atom stereocenters. The van der Waals surface area contributed by atoms with Crippen LogP contribution in [0, 0.1) is 5.92 Å². The van der Waals surface area contributed by atoms with E-state index in [1.54, 1.807) is 18.9 Å². The van der Waals surface area contributed by atoms with E-state index in [2.05, 4.69) is 28.1 Å². The maximum absolute atomic E-state index is 13.9. The minimum absolute atomic E-state index is 0.0646. The Balaban J connectivity index is 1.60. The minimum Gasteiger partial charge on any atom is -0.347 e. The first kappa shape index (κ1) is 24.9. The second-order valence-electron chi connectivity index (χ2n) is 9.95. The van der Waals surface area contributed by atoms with E-state index in [4.69, 9.17) is 0 Å². The number of amides is 3. The summed E-state index contributed by atoms with van der Waals surface area (Å²) in [5, 5.41) is 9.06. The lowest BCUT2D eigenvalue weighted by atomic mass is 9.87. The molecule has 2 aromatic carbocycles. The number of nitrogens with one attached hydrogen (secondary N) is 3. The molecule has 2 aliphatic rings. The van der Waals surface area contributed by atoms with Gasteiger partial charge in [0.1, 0.15) is 12.1 Å². The van der Waals surface area contributed by atoms with Crippen molar-refractivity contribution in [2.45, 2.75) is 70.6 Å². The summed E-state index contributed by atoms with van der Waals surface area (Å²) in [7, 11) is 1.71. The van der Waals surface area contributed by atoms with Crippen molar-refractivity contribution < 1.29 is 14.4 Å². The molecule has 0 spiro atoms. The highest BCUT2D eigenvalue weighted by molar-refractivity contribution is 6.07. The summed E-state index contributed by atoms with van der Waals surface area (Å²) in [5.41, 5.74) is 4.13. The molecule has 2 aromatic rings. The maximum Gasteiger partial charge on any atom is 0.250 e. The summed E-state index contributed by atoms with van der Waals surface area (Å²) in [6, 6.07) is 14.0. The maximum atomic E-state index is 13.9. The van der Waals surface area contributed by atoms with Crippen molar-refractivity contribution in [2.75, 3.05) is 11.9 Å². The molecule has 0 unspecified atom stereocenters. The van der Waals surface area contributed by atoms with Crippen LogP contribution in [0.1, 0.15) is 56.3 Å². The number of hydrogen-bond donors (Lipinski definition) is 3. The lowest BCUT2D eigenvalue weighted by Gasteiger charge is -2.33. The number of para-hydroxylation sites is 1. The van der Waals surface area contributed by atoms with Crippen LogP contribution in [0.4, 0.5) is 5.69 Å². The van der Waals surface area contributed by atoms with Crippen molar-refractivity contribution in [1.82, 2.24) is 16.0 Å². The summed E-state index contributed by atoms with van der Waals surface area (Å²) >= 11 is 0. The summed E-state index contributed by atoms with van der Waals surface area (Å²) in [6.07, 6.45) is 3.36. The molecule has 0 radical (unpaired) electrons. The number of carbonyl (C=O) groups excluding carboxylic acids is 3. The minimum atomic E-state index is -0.741. The average Bonchev–Trinajstić information content (AvgIpc) is 3.26. The smallest absolute Gasteiger partial charge is 0.250 e. The number of rotatable bonds is 7. The fourth-order valence-corrected chi connectivity index (χ4v) is 5.11. The van der Waals surface area contributed by atoms with Gasteiger partial charge in [0.25, 0.3) is 5.91 Å². The van der Waals surface area contributed by atoms with Gasteiger partial charge in [0.05, 0.1) is 12.1 Å². The predicted octanol–water partition coefficient (Wildman–Crippen LogP) is 2.89. The molecule has 4 rings (SSSR count). The lowest BCUT2D eigenvalue weighted by molar-refractivity contribution is -0.131. The molecular weight excluding hydrogens is 440 g/mol. The van der Waals surface area contributed by atoms with Gasteiger partial charge in [-0.15, -0.1) is 0 Å². The van der Waals surface area contributed by atoms with E-state index in [0.717, 1.165) is 36.1 Å². The van der Waals surface area contributed by atoms with Crippen LogP contribution in [-0.2, 0) is 27.2 Å². The Morgan fingerprint density at radius 2 is 1.66 bits per heavy atom. The van der Waals surface area contributed by atoms with Gasteiger partial charge in [-0.25, -0.2) is 0 Å². The van der Waals surface area contributed by atoms with Crippen molar-refractivity contribution in [2.24, 2.45) is 5.92 Å². The standard InChI is InChI=1S/C28H36N4O3/c1-17(2)25(31-26(33)18(3)29-4)28(35)32-23-15-8-6-11-20(23)16-24(32)27(34)30-22-14-9-12-19-10-5-7-13-21(19)22/h5-8,10-11,13,15,17-18,22,24-25,29H,9,12,14,16H2,1-4H3,(H,30,34)(H,31,33)/t18-,22+,24-,25-/m0/s1. The van der Waals surface area contributed by atoms with Crippen LogP contribution in [0.3, 0.4) is 0 Å². The topological polar surface area (TPSA) is 90.5 Å². The van der Waals surface area contributed by atoms with Crippen molar-refractivity contribution in [3.8, 4) is 0 Å². The van der Waals surface area contributed by atoms with E-state index in [9.17, 15) is 14.4 Å². The lowest BCUT2D eigenvalue weighted by Crippen LogP contribution is -2.58. The van der Waals surface area contributed by atoms with E-state index >= 15 is 0 Å². The van der Waals surface area contributed by atoms with Crippen LogP contribution in [-0.4, -0.2) is 42.9 Å². The van der Waals surface area contributed by atoms with Crippen molar-refractivity contribution in [1.29, 1.82) is 0 Å². The van der Waals surface area contributed by atoms with Gasteiger partial charge >= 0.3 is 0 Å². The van der Waals surface area contributed by atoms with Crippen molar-refractivity contribution in [3.63, 3.8) is 0 Å². The number of aryl methyl sites for hydroxylation is 1. The third-order valence-corrected chi connectivity index (χ3v) is 7.26. The predicted molar refractivity (Wildman–Crippen MR) is 137 cm³/mol. The molecule has 7 nitrogen and oxygen atoms in total. The Morgan fingerprint density at radius 1 is 0.971 bits per heavy atom. The summed E-state index contributed by atoms with van der Waals surface area (Å²) in [4.78, 5) is 41.8. The van der Waals surface area contributed by atoms with Gasteiger partial charge < -0.3 is 16.0 Å². The zero-order valence-corrected chi connectivity index (χ0v) is 21.0. The number of anilines is 1. The van der Waals surface area contributed by atoms with Crippen LogP contribution >= 0.6 is 0 Å². The van der Waals surface area contributed by atoms with E-state index in [1.807, 2.05) is 50.2 Å². The second-order valence-corrected chi connectivity index (χ2v) is 9.95. The second kappa shape index (κ2) is 10.6. The van der Waals surface area contributed by atoms with Gasteiger partial charge in [-0.1, -0.05) is 56.3 Å². The highest BCUT2D eigenvalue weighted by Crippen LogP contribution is 2.35. The molecule has 0 bridgehead atoms. The van der Waals surface area contributed by atoms with Gasteiger partial charge in [0, 0.05) is 12.1 Å². The number of hydrogen-bond acceptors (Lipinski definition) is 4. The Hall–Kier alpha value is -3.19. The van der Waals surface area contributed by atoms with E-state index in [-0.39, 0.29) is 29.7 Å². The zero-order valence-electron chi connectivity index (χ0n) is 21.0. The van der Waals surface area contributed by atoms with Crippen molar-refractivity contribution >= 4 is 23.4 Å². The van der Waals surface area contributed by atoms with Gasteiger partial charge in [-0.05, 0) is 61.9 Å². The fourth-order valence-electron chi connectivity index (χ4n) is 5.11. The third-order valence-electron chi connectivity index (χ3n) is 7.26. The van der Waals surface area contributed by atoms with Crippen LogP contribution in [0.5, 0.6) is 0 Å². The van der Waals surface area contributed by atoms with E-state index < -0.39 is 18.1 Å². The largest absolute Gasteiger partial charge is 0.347 e. The van der Waals surface area contributed by atoms with Crippen LogP contribution in [0.25, 0.3) is 0 Å². The molecule has 0 aromatic heterocycles. The molecule has 7 heteroatoms. The number of benzene rings is 2. The van der Waals surface area contributed by atoms with Gasteiger partial charge in [0.15, 0.2) is 0 Å². The summed E-state index contributed by atoms with van der Waals surface area (Å²) < 4.78 is 0. The highest BCUT2D eigenvalue weighted by Gasteiger charge is 2.42. The van der Waals surface area contributed by atoms with Gasteiger partial charge in [0.2, 0.25) is 11.8 Å². The molecule has 3 N–H and O–H groups in total. The number of fused-ring (bicyclic) bond motifs is 2. The van der Waals surface area contributed by atoms with E-state index in [1.165, 1.54) is 5.56 Å². The zero-order chi connectivity index (χ0) is 25.1. The molecule has 0 fully saturated rings.